The molecule has 37 heavy (non-hydrogen) atoms. The van der Waals surface area contributed by atoms with Gasteiger partial charge in [0, 0.05) is 12.5 Å². The number of carbonyl (C=O) groups excluding carboxylic acids is 1. The minimum atomic E-state index is -5.17. The second-order valence-electron chi connectivity index (χ2n) is 8.33. The Balaban J connectivity index is 1.36. The van der Waals surface area contributed by atoms with Gasteiger partial charge in [0.1, 0.15) is 30.1 Å². The van der Waals surface area contributed by atoms with Crippen LogP contribution in [0, 0.1) is 0 Å². The van der Waals surface area contributed by atoms with Crippen LogP contribution in [0.5, 0.6) is 5.75 Å². The van der Waals surface area contributed by atoms with E-state index in [-0.39, 0.29) is 18.1 Å². The summed E-state index contributed by atoms with van der Waals surface area (Å²) < 4.78 is 47.0. The maximum absolute atomic E-state index is 12.6. The Morgan fingerprint density at radius 3 is 2.11 bits per heavy atom. The zero-order valence-corrected chi connectivity index (χ0v) is 19.1. The Morgan fingerprint density at radius 1 is 0.946 bits per heavy atom. The molecule has 0 aromatic heterocycles. The summed E-state index contributed by atoms with van der Waals surface area (Å²) in [5.74, 6) is -2.90. The summed E-state index contributed by atoms with van der Waals surface area (Å²) in [5, 5.41) is 32.0. The number of halogens is 3. The Hall–Kier alpha value is -4.09. The van der Waals surface area contributed by atoms with E-state index in [1.807, 2.05) is 48.5 Å². The SMILES string of the molecule is O=C(NCC(O)C(O)c1ccc(C(=O)O)c(OC(F)(F)F)c1)OCC1c2ccccc2-c2ccccc21. The number of alkyl halides is 3. The van der Waals surface area contributed by atoms with Crippen molar-refractivity contribution in [3.05, 3.63) is 89.0 Å². The number of hydrogen-bond donors (Lipinski definition) is 4. The molecule has 194 valence electrons. The van der Waals surface area contributed by atoms with Crippen LogP contribution in [0.1, 0.15) is 39.1 Å². The standard InChI is InChI=1S/C26H22F3NO7/c27-26(28,29)37-22-11-14(9-10-19(22)24(33)34)23(32)21(31)12-30-25(35)36-13-20-17-7-3-1-5-15(17)16-6-2-4-8-18(16)20/h1-11,20-21,23,31-32H,12-13H2,(H,30,35)(H,33,34). The second kappa shape index (κ2) is 10.5. The van der Waals surface area contributed by atoms with Gasteiger partial charge in [-0.05, 0) is 39.9 Å². The molecule has 3 aromatic rings. The first-order valence-electron chi connectivity index (χ1n) is 11.1. The van der Waals surface area contributed by atoms with Gasteiger partial charge in [0.25, 0.3) is 0 Å². The number of alkyl carbamates (subject to hydrolysis) is 1. The molecule has 4 rings (SSSR count). The number of rotatable bonds is 8. The van der Waals surface area contributed by atoms with E-state index in [9.17, 15) is 33.0 Å². The maximum Gasteiger partial charge on any atom is 0.573 e. The van der Waals surface area contributed by atoms with Crippen LogP contribution in [0.4, 0.5) is 18.0 Å². The van der Waals surface area contributed by atoms with Crippen LogP contribution in [-0.4, -0.2) is 53.0 Å². The number of carbonyl (C=O) groups is 2. The van der Waals surface area contributed by atoms with Crippen LogP contribution in [0.3, 0.4) is 0 Å². The van der Waals surface area contributed by atoms with Crippen molar-refractivity contribution in [1.29, 1.82) is 0 Å². The highest BCUT2D eigenvalue weighted by Crippen LogP contribution is 2.44. The van der Waals surface area contributed by atoms with E-state index in [0.717, 1.165) is 34.4 Å². The molecule has 0 fully saturated rings. The predicted octanol–water partition coefficient (Wildman–Crippen LogP) is 4.22. The number of carboxylic acid groups (broad SMARTS) is 1. The lowest BCUT2D eigenvalue weighted by Crippen LogP contribution is -2.36. The molecule has 3 aromatic carbocycles. The van der Waals surface area contributed by atoms with Gasteiger partial charge in [-0.3, -0.25) is 0 Å². The number of aliphatic hydroxyl groups excluding tert-OH is 2. The normalized spacial score (nSPS) is 14.3. The minimum absolute atomic E-state index is 0.0211. The molecule has 4 N–H and O–H groups in total. The molecule has 1 amide bonds. The van der Waals surface area contributed by atoms with Crippen molar-refractivity contribution in [2.75, 3.05) is 13.2 Å². The first-order chi connectivity index (χ1) is 17.5. The molecule has 11 heteroatoms. The van der Waals surface area contributed by atoms with Crippen molar-refractivity contribution < 1.29 is 47.6 Å². The number of nitrogens with one attached hydrogen (secondary N) is 1. The molecular weight excluding hydrogens is 495 g/mol. The highest BCUT2D eigenvalue weighted by molar-refractivity contribution is 5.91. The van der Waals surface area contributed by atoms with E-state index in [4.69, 9.17) is 9.84 Å². The van der Waals surface area contributed by atoms with Crippen molar-refractivity contribution in [1.82, 2.24) is 5.32 Å². The molecule has 8 nitrogen and oxygen atoms in total. The smallest absolute Gasteiger partial charge is 0.478 e. The molecule has 0 aliphatic heterocycles. The number of fused-ring (bicyclic) bond motifs is 3. The van der Waals surface area contributed by atoms with Crippen LogP contribution < -0.4 is 10.1 Å². The highest BCUT2D eigenvalue weighted by Gasteiger charge is 2.34. The number of amides is 1. The summed E-state index contributed by atoms with van der Waals surface area (Å²) >= 11 is 0. The fourth-order valence-electron chi connectivity index (χ4n) is 4.28. The van der Waals surface area contributed by atoms with Gasteiger partial charge in [-0.2, -0.15) is 0 Å². The Bertz CT molecular complexity index is 1270. The Kier molecular flexibility index (Phi) is 7.37. The van der Waals surface area contributed by atoms with E-state index in [0.29, 0.717) is 6.07 Å². The van der Waals surface area contributed by atoms with Gasteiger partial charge >= 0.3 is 18.4 Å². The van der Waals surface area contributed by atoms with Crippen molar-refractivity contribution in [2.45, 2.75) is 24.5 Å². The third-order valence-corrected chi connectivity index (χ3v) is 5.97. The molecule has 1 aliphatic carbocycles. The Labute approximate surface area is 208 Å². The zero-order valence-electron chi connectivity index (χ0n) is 19.1. The van der Waals surface area contributed by atoms with Crippen LogP contribution in [0.25, 0.3) is 11.1 Å². The average Bonchev–Trinajstić information content (AvgIpc) is 3.18. The monoisotopic (exact) mass is 517 g/mol. The van der Waals surface area contributed by atoms with Crippen LogP contribution in [-0.2, 0) is 4.74 Å². The summed E-state index contributed by atoms with van der Waals surface area (Å²) in [5.41, 5.74) is 3.09. The van der Waals surface area contributed by atoms with Crippen molar-refractivity contribution in [2.24, 2.45) is 0 Å². The topological polar surface area (TPSA) is 125 Å². The molecule has 0 saturated carbocycles. The molecule has 0 heterocycles. The molecule has 0 radical (unpaired) electrons. The molecule has 2 atom stereocenters. The number of hydrogen-bond acceptors (Lipinski definition) is 6. The first-order valence-corrected chi connectivity index (χ1v) is 11.1. The van der Waals surface area contributed by atoms with Gasteiger partial charge in [-0.15, -0.1) is 13.2 Å². The second-order valence-corrected chi connectivity index (χ2v) is 8.33. The minimum Gasteiger partial charge on any atom is -0.478 e. The molecular formula is C26H22F3NO7. The quantitative estimate of drug-likeness (QED) is 0.353. The lowest BCUT2D eigenvalue weighted by Gasteiger charge is -2.20. The molecule has 2 unspecified atom stereocenters. The maximum atomic E-state index is 12.6. The van der Waals surface area contributed by atoms with Crippen molar-refractivity contribution in [3.8, 4) is 16.9 Å². The van der Waals surface area contributed by atoms with Crippen LogP contribution in [0.15, 0.2) is 66.7 Å². The van der Waals surface area contributed by atoms with Gasteiger partial charge in [-0.1, -0.05) is 54.6 Å². The summed E-state index contributed by atoms with van der Waals surface area (Å²) in [4.78, 5) is 23.5. The molecule has 0 bridgehead atoms. The van der Waals surface area contributed by atoms with Gasteiger partial charge < -0.3 is 30.1 Å². The number of ether oxygens (including phenoxy) is 2. The van der Waals surface area contributed by atoms with Gasteiger partial charge in [-0.25, -0.2) is 9.59 Å². The molecule has 0 saturated heterocycles. The summed E-state index contributed by atoms with van der Waals surface area (Å²) in [6.07, 6.45) is -9.43. The van der Waals surface area contributed by atoms with Gasteiger partial charge in [0.2, 0.25) is 0 Å². The van der Waals surface area contributed by atoms with E-state index < -0.39 is 48.5 Å². The van der Waals surface area contributed by atoms with Crippen molar-refractivity contribution >= 4 is 12.1 Å². The molecule has 0 spiro atoms. The largest absolute Gasteiger partial charge is 0.573 e. The highest BCUT2D eigenvalue weighted by atomic mass is 19.4. The number of aliphatic hydroxyl groups is 2. The van der Waals surface area contributed by atoms with Crippen LogP contribution in [0.2, 0.25) is 0 Å². The lowest BCUT2D eigenvalue weighted by molar-refractivity contribution is -0.274. The third kappa shape index (κ3) is 5.84. The van der Waals surface area contributed by atoms with Gasteiger partial charge in [0.15, 0.2) is 0 Å². The summed E-state index contributed by atoms with van der Waals surface area (Å²) in [7, 11) is 0. The Morgan fingerprint density at radius 2 is 1.54 bits per heavy atom. The average molecular weight is 517 g/mol. The zero-order chi connectivity index (χ0) is 26.7. The van der Waals surface area contributed by atoms with E-state index in [1.165, 1.54) is 0 Å². The van der Waals surface area contributed by atoms with Crippen molar-refractivity contribution in [3.63, 3.8) is 0 Å². The van der Waals surface area contributed by atoms with Gasteiger partial charge in [0.05, 0.1) is 0 Å². The summed E-state index contributed by atoms with van der Waals surface area (Å²) in [6.45, 7) is -0.471. The fraction of sp³-hybridized carbons (Fsp3) is 0.231. The molecule has 1 aliphatic rings. The number of benzene rings is 3. The number of aromatic carboxylic acids is 1. The predicted molar refractivity (Wildman–Crippen MR) is 124 cm³/mol. The van der Waals surface area contributed by atoms with E-state index in [1.54, 1.807) is 0 Å². The third-order valence-electron chi connectivity index (χ3n) is 5.97. The van der Waals surface area contributed by atoms with Crippen LogP contribution >= 0.6 is 0 Å². The fourth-order valence-corrected chi connectivity index (χ4v) is 4.28. The lowest BCUT2D eigenvalue weighted by atomic mass is 9.98. The number of carboxylic acids is 1. The summed E-state index contributed by atoms with van der Waals surface area (Å²) in [6, 6.07) is 18.0. The van der Waals surface area contributed by atoms with E-state index in [2.05, 4.69) is 10.1 Å². The van der Waals surface area contributed by atoms with E-state index >= 15 is 0 Å². The first kappa shape index (κ1) is 26.0.